The van der Waals surface area contributed by atoms with Crippen LogP contribution in [0.5, 0.6) is 0 Å². The zero-order chi connectivity index (χ0) is 18.8. The van der Waals surface area contributed by atoms with Crippen molar-refractivity contribution >= 4 is 8.32 Å². The van der Waals surface area contributed by atoms with E-state index >= 15 is 0 Å². The Kier molecular flexibility index (Phi) is 9.54. The first-order valence-corrected chi connectivity index (χ1v) is 12.8. The van der Waals surface area contributed by atoms with Crippen LogP contribution in [0.1, 0.15) is 77.3 Å². The Bertz CT molecular complexity index is 540. The summed E-state index contributed by atoms with van der Waals surface area (Å²) in [6.45, 7) is 14.4. The van der Waals surface area contributed by atoms with Crippen LogP contribution in [0, 0.1) is 11.8 Å². The Morgan fingerprint density at radius 3 is 2.08 bits per heavy atom. The summed E-state index contributed by atoms with van der Waals surface area (Å²) >= 11 is 0. The monoisotopic (exact) mass is 358 g/mol. The van der Waals surface area contributed by atoms with E-state index in [1.54, 1.807) is 0 Å². The van der Waals surface area contributed by atoms with Gasteiger partial charge in [0, 0.05) is 12.8 Å². The van der Waals surface area contributed by atoms with Gasteiger partial charge in [-0.2, -0.15) is 0 Å². The highest BCUT2D eigenvalue weighted by Crippen LogP contribution is 2.37. The number of rotatable bonds is 9. The molecule has 0 heterocycles. The lowest BCUT2D eigenvalue weighted by Crippen LogP contribution is -2.40. The van der Waals surface area contributed by atoms with Crippen molar-refractivity contribution in [2.75, 3.05) is 0 Å². The molecule has 0 saturated carbocycles. The van der Waals surface area contributed by atoms with E-state index in [4.69, 9.17) is 4.43 Å². The van der Waals surface area contributed by atoms with Gasteiger partial charge in [0.15, 0.2) is 8.32 Å². The standard InChI is InChI=1S/C23H38OSi/c1-7-8-9-10-11-12-13-14-15-21-16-18-22(19-17-21)20-24-25(5,6)23(2,3)4/h16-19H,7-12,15,20H2,1-6H3. The second-order valence-corrected chi connectivity index (χ2v) is 13.4. The molecule has 0 N–H and O–H groups in total. The first-order valence-electron chi connectivity index (χ1n) is 9.94. The van der Waals surface area contributed by atoms with Gasteiger partial charge in [-0.1, -0.05) is 83.6 Å². The fourth-order valence-corrected chi connectivity index (χ4v) is 3.26. The maximum Gasteiger partial charge on any atom is 0.192 e. The third-order valence-corrected chi connectivity index (χ3v) is 9.73. The van der Waals surface area contributed by atoms with E-state index in [1.165, 1.54) is 43.2 Å². The fourth-order valence-electron chi connectivity index (χ4n) is 2.30. The smallest absolute Gasteiger partial charge is 0.192 e. The maximum absolute atomic E-state index is 6.28. The third-order valence-electron chi connectivity index (χ3n) is 5.25. The molecule has 0 bridgehead atoms. The van der Waals surface area contributed by atoms with Gasteiger partial charge in [0.05, 0.1) is 6.61 Å². The summed E-state index contributed by atoms with van der Waals surface area (Å²) in [5, 5.41) is 0.263. The average molecular weight is 359 g/mol. The van der Waals surface area contributed by atoms with E-state index in [9.17, 15) is 0 Å². The van der Waals surface area contributed by atoms with Crippen molar-refractivity contribution in [2.24, 2.45) is 0 Å². The van der Waals surface area contributed by atoms with Crippen LogP contribution in [-0.2, 0) is 17.5 Å². The van der Waals surface area contributed by atoms with Crippen LogP contribution in [-0.4, -0.2) is 8.32 Å². The lowest BCUT2D eigenvalue weighted by Gasteiger charge is -2.36. The molecule has 1 aromatic carbocycles. The quantitative estimate of drug-likeness (QED) is 0.259. The maximum atomic E-state index is 6.28. The van der Waals surface area contributed by atoms with Crippen LogP contribution in [0.3, 0.4) is 0 Å². The van der Waals surface area contributed by atoms with Gasteiger partial charge in [-0.3, -0.25) is 0 Å². The largest absolute Gasteiger partial charge is 0.413 e. The minimum absolute atomic E-state index is 0.263. The lowest BCUT2D eigenvalue weighted by molar-refractivity contribution is 0.276. The van der Waals surface area contributed by atoms with E-state index in [1.807, 2.05) is 0 Å². The van der Waals surface area contributed by atoms with Gasteiger partial charge in [-0.25, -0.2) is 0 Å². The summed E-state index contributed by atoms with van der Waals surface area (Å²) in [6.07, 6.45) is 8.50. The topological polar surface area (TPSA) is 9.23 Å². The molecule has 0 aliphatic heterocycles. The summed E-state index contributed by atoms with van der Waals surface area (Å²) in [6, 6.07) is 8.77. The van der Waals surface area contributed by atoms with Crippen LogP contribution in [0.2, 0.25) is 18.1 Å². The molecule has 0 aliphatic rings. The van der Waals surface area contributed by atoms with Gasteiger partial charge in [-0.05, 0) is 35.7 Å². The van der Waals surface area contributed by atoms with E-state index in [0.29, 0.717) is 0 Å². The second-order valence-electron chi connectivity index (χ2n) is 8.56. The van der Waals surface area contributed by atoms with Gasteiger partial charge in [0.2, 0.25) is 0 Å². The molecular formula is C23H38OSi. The van der Waals surface area contributed by atoms with Crippen molar-refractivity contribution in [3.05, 3.63) is 35.4 Å². The molecule has 140 valence electrons. The molecule has 1 aromatic rings. The summed E-state index contributed by atoms with van der Waals surface area (Å²) in [7, 11) is -1.67. The molecular weight excluding hydrogens is 320 g/mol. The highest BCUT2D eigenvalue weighted by molar-refractivity contribution is 6.74. The number of hydrogen-bond acceptors (Lipinski definition) is 1. The van der Waals surface area contributed by atoms with Crippen molar-refractivity contribution in [1.29, 1.82) is 0 Å². The van der Waals surface area contributed by atoms with Gasteiger partial charge in [0.25, 0.3) is 0 Å². The molecule has 1 rings (SSSR count). The molecule has 0 aromatic heterocycles. The van der Waals surface area contributed by atoms with Crippen molar-refractivity contribution in [3.63, 3.8) is 0 Å². The van der Waals surface area contributed by atoms with Crippen LogP contribution in [0.25, 0.3) is 0 Å². The molecule has 0 aliphatic carbocycles. The van der Waals surface area contributed by atoms with E-state index in [-0.39, 0.29) is 5.04 Å². The van der Waals surface area contributed by atoms with Gasteiger partial charge in [-0.15, -0.1) is 5.92 Å². The van der Waals surface area contributed by atoms with Gasteiger partial charge < -0.3 is 4.43 Å². The first-order chi connectivity index (χ1) is 11.8. The molecule has 0 saturated heterocycles. The summed E-state index contributed by atoms with van der Waals surface area (Å²) < 4.78 is 6.28. The Morgan fingerprint density at radius 2 is 1.48 bits per heavy atom. The highest BCUT2D eigenvalue weighted by atomic mass is 28.4. The predicted molar refractivity (Wildman–Crippen MR) is 113 cm³/mol. The molecule has 0 atom stereocenters. The number of benzene rings is 1. The average Bonchev–Trinajstić information content (AvgIpc) is 2.55. The van der Waals surface area contributed by atoms with Crippen molar-refractivity contribution in [1.82, 2.24) is 0 Å². The van der Waals surface area contributed by atoms with Crippen LogP contribution in [0.4, 0.5) is 0 Å². The molecule has 0 fully saturated rings. The zero-order valence-corrected chi connectivity index (χ0v) is 18.4. The lowest BCUT2D eigenvalue weighted by atomic mass is 10.1. The minimum Gasteiger partial charge on any atom is -0.413 e. The van der Waals surface area contributed by atoms with Crippen LogP contribution < -0.4 is 0 Å². The van der Waals surface area contributed by atoms with Crippen LogP contribution in [0.15, 0.2) is 24.3 Å². The Morgan fingerprint density at radius 1 is 0.880 bits per heavy atom. The molecule has 0 radical (unpaired) electrons. The van der Waals surface area contributed by atoms with E-state index in [2.05, 4.69) is 76.9 Å². The third kappa shape index (κ3) is 8.74. The SMILES string of the molecule is CCCCCCCC#CCc1ccc(CO[Si](C)(C)C(C)(C)C)cc1. The Labute approximate surface area is 157 Å². The molecule has 0 unspecified atom stereocenters. The fraction of sp³-hybridized carbons (Fsp3) is 0.652. The Balaban J connectivity index is 2.35. The summed E-state index contributed by atoms with van der Waals surface area (Å²) in [5.41, 5.74) is 2.56. The predicted octanol–water partition coefficient (Wildman–Crippen LogP) is 7.11. The summed E-state index contributed by atoms with van der Waals surface area (Å²) in [4.78, 5) is 0. The van der Waals surface area contributed by atoms with Gasteiger partial charge >= 0.3 is 0 Å². The summed E-state index contributed by atoms with van der Waals surface area (Å²) in [5.74, 6) is 6.63. The first kappa shape index (κ1) is 22.0. The van der Waals surface area contributed by atoms with E-state index < -0.39 is 8.32 Å². The van der Waals surface area contributed by atoms with Crippen molar-refractivity contribution in [2.45, 2.75) is 97.4 Å². The van der Waals surface area contributed by atoms with Crippen LogP contribution >= 0.6 is 0 Å². The molecule has 2 heteroatoms. The second kappa shape index (κ2) is 10.8. The van der Waals surface area contributed by atoms with Gasteiger partial charge in [0.1, 0.15) is 0 Å². The number of hydrogen-bond donors (Lipinski definition) is 0. The van der Waals surface area contributed by atoms with Crippen molar-refractivity contribution < 1.29 is 4.43 Å². The molecule has 1 nitrogen and oxygen atoms in total. The number of unbranched alkanes of at least 4 members (excludes halogenated alkanes) is 5. The molecule has 0 amide bonds. The highest BCUT2D eigenvalue weighted by Gasteiger charge is 2.36. The minimum atomic E-state index is -1.67. The molecule has 25 heavy (non-hydrogen) atoms. The van der Waals surface area contributed by atoms with Crippen molar-refractivity contribution in [3.8, 4) is 11.8 Å². The molecule has 0 spiro atoms. The normalized spacial score (nSPS) is 11.9. The van der Waals surface area contributed by atoms with E-state index in [0.717, 1.165) is 19.4 Å². The Hall–Kier alpha value is -1.04. The zero-order valence-electron chi connectivity index (χ0n) is 17.4.